The number of halogens is 1. The van der Waals surface area contributed by atoms with Gasteiger partial charge in [-0.2, -0.15) is 0 Å². The summed E-state index contributed by atoms with van der Waals surface area (Å²) in [4.78, 5) is 21.1. The zero-order chi connectivity index (χ0) is 21.8. The van der Waals surface area contributed by atoms with Crippen LogP contribution < -0.4 is 4.90 Å². The van der Waals surface area contributed by atoms with E-state index in [9.17, 15) is 4.79 Å². The Balaban J connectivity index is 1.44. The highest BCUT2D eigenvalue weighted by molar-refractivity contribution is 7.99. The van der Waals surface area contributed by atoms with Crippen molar-refractivity contribution in [2.45, 2.75) is 50.5 Å². The quantitative estimate of drug-likeness (QED) is 0.270. The number of thiazole rings is 1. The summed E-state index contributed by atoms with van der Waals surface area (Å²) in [5, 5.41) is 1.45. The summed E-state index contributed by atoms with van der Waals surface area (Å²) in [5.41, 5.74) is 3.10. The van der Waals surface area contributed by atoms with E-state index in [0.717, 1.165) is 52.5 Å². The van der Waals surface area contributed by atoms with Gasteiger partial charge in [0.05, 0.1) is 22.9 Å². The van der Waals surface area contributed by atoms with Crippen molar-refractivity contribution in [1.82, 2.24) is 4.98 Å². The molecule has 1 amide bonds. The Kier molecular flexibility index (Phi) is 7.54. The van der Waals surface area contributed by atoms with Gasteiger partial charge in [0.2, 0.25) is 5.91 Å². The fourth-order valence-corrected chi connectivity index (χ4v) is 5.72. The highest BCUT2D eigenvalue weighted by atomic mass is 35.5. The third kappa shape index (κ3) is 5.61. The number of hydrogen-bond acceptors (Lipinski definition) is 5. The van der Waals surface area contributed by atoms with E-state index in [2.05, 4.69) is 31.2 Å². The summed E-state index contributed by atoms with van der Waals surface area (Å²) < 4.78 is 6.88. The smallest absolute Gasteiger partial charge is 0.228 e. The van der Waals surface area contributed by atoms with Gasteiger partial charge in [0.15, 0.2) is 5.13 Å². The molecule has 1 atom stereocenters. The van der Waals surface area contributed by atoms with Gasteiger partial charge >= 0.3 is 0 Å². The Bertz CT molecular complexity index is 1050. The molecule has 0 spiro atoms. The van der Waals surface area contributed by atoms with Crippen LogP contribution in [0.2, 0.25) is 5.02 Å². The van der Waals surface area contributed by atoms with Crippen LogP contribution in [-0.2, 0) is 9.53 Å². The Hall–Kier alpha value is -1.60. The number of ether oxygens (including phenoxy) is 1. The van der Waals surface area contributed by atoms with Crippen LogP contribution in [0.1, 0.15) is 36.8 Å². The third-order valence-corrected chi connectivity index (χ3v) is 8.05. The first-order chi connectivity index (χ1) is 15.0. The van der Waals surface area contributed by atoms with Gasteiger partial charge < -0.3 is 4.74 Å². The number of anilines is 1. The maximum atomic E-state index is 13.2. The number of carbonyl (C=O) groups is 1. The first-order valence-electron chi connectivity index (χ1n) is 10.7. The molecule has 164 valence electrons. The Morgan fingerprint density at radius 2 is 2.06 bits per heavy atom. The molecule has 7 heteroatoms. The highest BCUT2D eigenvalue weighted by Crippen LogP contribution is 2.34. The van der Waals surface area contributed by atoms with Gasteiger partial charge in [-0.25, -0.2) is 4.98 Å². The number of rotatable bonds is 8. The molecular formula is C24H27ClN2O2S2. The third-order valence-electron chi connectivity index (χ3n) is 5.50. The molecule has 4 rings (SSSR count). The zero-order valence-corrected chi connectivity index (χ0v) is 20.3. The molecule has 4 nitrogen and oxygen atoms in total. The number of aromatic nitrogens is 1. The SMILES string of the molecule is Cc1ccc(SCCCC(=O)N(CC2CCCO2)c2nc3c(C)c(Cl)ccc3s2)cc1. The van der Waals surface area contributed by atoms with Gasteiger partial charge in [-0.05, 0) is 68.7 Å². The van der Waals surface area contributed by atoms with Crippen LogP contribution in [0.3, 0.4) is 0 Å². The van der Waals surface area contributed by atoms with Crippen molar-refractivity contribution >= 4 is 56.0 Å². The van der Waals surface area contributed by atoms with Crippen LogP contribution in [0.15, 0.2) is 41.3 Å². The average molecular weight is 475 g/mol. The lowest BCUT2D eigenvalue weighted by atomic mass is 10.2. The van der Waals surface area contributed by atoms with E-state index >= 15 is 0 Å². The minimum absolute atomic E-state index is 0.0857. The highest BCUT2D eigenvalue weighted by Gasteiger charge is 2.26. The maximum Gasteiger partial charge on any atom is 0.228 e. The molecule has 2 heterocycles. The fourth-order valence-electron chi connectivity index (χ4n) is 3.67. The summed E-state index contributed by atoms with van der Waals surface area (Å²) >= 11 is 9.63. The van der Waals surface area contributed by atoms with Crippen LogP contribution in [-0.4, -0.2) is 35.9 Å². The van der Waals surface area contributed by atoms with Crippen molar-refractivity contribution in [3.05, 3.63) is 52.5 Å². The van der Waals surface area contributed by atoms with E-state index < -0.39 is 0 Å². The molecule has 0 radical (unpaired) electrons. The van der Waals surface area contributed by atoms with Crippen molar-refractivity contribution < 1.29 is 9.53 Å². The van der Waals surface area contributed by atoms with Crippen LogP contribution >= 0.6 is 34.7 Å². The molecule has 1 aromatic heterocycles. The van der Waals surface area contributed by atoms with E-state index in [1.54, 1.807) is 23.1 Å². The largest absolute Gasteiger partial charge is 0.376 e. The minimum atomic E-state index is 0.0857. The number of hydrogen-bond donors (Lipinski definition) is 0. The second-order valence-corrected chi connectivity index (χ2v) is 10.5. The normalized spacial score (nSPS) is 16.2. The number of nitrogens with zero attached hydrogens (tertiary/aromatic N) is 2. The standard InChI is InChI=1S/C24H27ClN2O2S2/c1-16-7-9-19(10-8-16)30-14-4-6-22(28)27(15-18-5-3-13-29-18)24-26-23-17(2)20(25)11-12-21(23)31-24/h7-12,18H,3-6,13-15H2,1-2H3. The molecule has 1 fully saturated rings. The van der Waals surface area contributed by atoms with E-state index in [4.69, 9.17) is 21.3 Å². The van der Waals surface area contributed by atoms with E-state index in [1.165, 1.54) is 10.5 Å². The van der Waals surface area contributed by atoms with Gasteiger partial charge in [-0.1, -0.05) is 40.6 Å². The van der Waals surface area contributed by atoms with Gasteiger partial charge in [0, 0.05) is 22.9 Å². The molecule has 0 saturated carbocycles. The lowest BCUT2D eigenvalue weighted by molar-refractivity contribution is -0.119. The van der Waals surface area contributed by atoms with Crippen LogP contribution in [0.4, 0.5) is 5.13 Å². The number of benzene rings is 2. The summed E-state index contributed by atoms with van der Waals surface area (Å²) in [7, 11) is 0. The van der Waals surface area contributed by atoms with Crippen molar-refractivity contribution in [3.8, 4) is 0 Å². The number of thioether (sulfide) groups is 1. The molecule has 0 bridgehead atoms. The lowest BCUT2D eigenvalue weighted by Gasteiger charge is -2.23. The monoisotopic (exact) mass is 474 g/mol. The Labute approximate surface area is 196 Å². The van der Waals surface area contributed by atoms with Crippen molar-refractivity contribution in [3.63, 3.8) is 0 Å². The fraction of sp³-hybridized carbons (Fsp3) is 0.417. The van der Waals surface area contributed by atoms with Gasteiger partial charge in [-0.3, -0.25) is 9.69 Å². The average Bonchev–Trinajstić information content (AvgIpc) is 3.43. The number of fused-ring (bicyclic) bond motifs is 1. The molecule has 31 heavy (non-hydrogen) atoms. The van der Waals surface area contributed by atoms with E-state index in [1.807, 2.05) is 24.0 Å². The van der Waals surface area contributed by atoms with Gasteiger partial charge in [0.1, 0.15) is 0 Å². The first-order valence-corrected chi connectivity index (χ1v) is 12.9. The molecule has 0 aliphatic carbocycles. The first kappa shape index (κ1) is 22.6. The molecule has 1 unspecified atom stereocenters. The Morgan fingerprint density at radius 3 is 2.81 bits per heavy atom. The summed E-state index contributed by atoms with van der Waals surface area (Å²) in [6.07, 6.45) is 3.45. The van der Waals surface area contributed by atoms with E-state index in [-0.39, 0.29) is 12.0 Å². The van der Waals surface area contributed by atoms with Crippen LogP contribution in [0.25, 0.3) is 10.2 Å². The second kappa shape index (κ2) is 10.3. The molecular weight excluding hydrogens is 448 g/mol. The van der Waals surface area contributed by atoms with E-state index in [0.29, 0.717) is 18.0 Å². The molecule has 1 aliphatic rings. The molecule has 3 aromatic rings. The second-order valence-electron chi connectivity index (χ2n) is 7.92. The maximum absolute atomic E-state index is 13.2. The molecule has 0 N–H and O–H groups in total. The lowest BCUT2D eigenvalue weighted by Crippen LogP contribution is -2.37. The summed E-state index contributed by atoms with van der Waals surface area (Å²) in [5.74, 6) is 1.03. The minimum Gasteiger partial charge on any atom is -0.376 e. The predicted octanol–water partition coefficient (Wildman–Crippen LogP) is 6.65. The summed E-state index contributed by atoms with van der Waals surface area (Å²) in [6.45, 7) is 5.40. The Morgan fingerprint density at radius 1 is 1.26 bits per heavy atom. The predicted molar refractivity (Wildman–Crippen MR) is 132 cm³/mol. The summed E-state index contributed by atoms with van der Waals surface area (Å²) in [6, 6.07) is 12.4. The topological polar surface area (TPSA) is 42.4 Å². The number of aryl methyl sites for hydroxylation is 2. The van der Waals surface area contributed by atoms with Crippen LogP contribution in [0, 0.1) is 13.8 Å². The molecule has 1 aliphatic heterocycles. The van der Waals surface area contributed by atoms with Gasteiger partial charge in [0.25, 0.3) is 0 Å². The molecule has 2 aromatic carbocycles. The van der Waals surface area contributed by atoms with Crippen molar-refractivity contribution in [2.75, 3.05) is 23.8 Å². The number of amides is 1. The molecule has 1 saturated heterocycles. The zero-order valence-electron chi connectivity index (χ0n) is 17.9. The van der Waals surface area contributed by atoms with Gasteiger partial charge in [-0.15, -0.1) is 11.8 Å². The van der Waals surface area contributed by atoms with Crippen molar-refractivity contribution in [2.24, 2.45) is 0 Å². The number of carbonyl (C=O) groups excluding carboxylic acids is 1. The van der Waals surface area contributed by atoms with Crippen LogP contribution in [0.5, 0.6) is 0 Å². The van der Waals surface area contributed by atoms with Crippen molar-refractivity contribution in [1.29, 1.82) is 0 Å².